The molecular weight excluding hydrogens is 332 g/mol. The van der Waals surface area contributed by atoms with Gasteiger partial charge >= 0.3 is 0 Å². The van der Waals surface area contributed by atoms with E-state index in [0.29, 0.717) is 12.2 Å². The predicted octanol–water partition coefficient (Wildman–Crippen LogP) is 7.59. The highest BCUT2D eigenvalue weighted by atomic mass is 16.1. The Morgan fingerprint density at radius 3 is 1.70 bits per heavy atom. The fourth-order valence-electron chi connectivity index (χ4n) is 3.40. The molecule has 0 fully saturated rings. The summed E-state index contributed by atoms with van der Waals surface area (Å²) < 4.78 is 0. The van der Waals surface area contributed by atoms with Gasteiger partial charge in [-0.25, -0.2) is 4.98 Å². The normalized spacial score (nSPS) is 10.9. The van der Waals surface area contributed by atoms with Gasteiger partial charge in [-0.05, 0) is 25.0 Å². The number of rotatable bonds is 17. The Bertz CT molecular complexity index is 470. The number of nitrogens with zero attached hydrogens (tertiary/aromatic N) is 1. The molecule has 0 radical (unpaired) electrons. The molecule has 27 heavy (non-hydrogen) atoms. The summed E-state index contributed by atoms with van der Waals surface area (Å²) in [5, 5.41) is 2.87. The number of hydrogen-bond acceptors (Lipinski definition) is 2. The van der Waals surface area contributed by atoms with Gasteiger partial charge in [0, 0.05) is 12.6 Å². The first kappa shape index (κ1) is 23.7. The summed E-state index contributed by atoms with van der Waals surface area (Å²) in [5.41, 5.74) is 1.11. The number of aryl methyl sites for hydroxylation is 1. The first-order chi connectivity index (χ1) is 13.2. The minimum absolute atomic E-state index is 0.0843. The molecule has 1 amide bonds. The fraction of sp³-hybridized carbons (Fsp3) is 0.750. The fourth-order valence-corrected chi connectivity index (χ4v) is 3.40. The van der Waals surface area contributed by atoms with Crippen molar-refractivity contribution in [2.75, 3.05) is 5.32 Å². The molecule has 0 atom stereocenters. The maximum Gasteiger partial charge on any atom is 0.225 e. The molecule has 154 valence electrons. The van der Waals surface area contributed by atoms with Crippen molar-refractivity contribution in [3.05, 3.63) is 23.9 Å². The van der Waals surface area contributed by atoms with Crippen molar-refractivity contribution in [2.24, 2.45) is 0 Å². The minimum atomic E-state index is 0.0843. The Morgan fingerprint density at radius 1 is 0.778 bits per heavy atom. The van der Waals surface area contributed by atoms with E-state index in [-0.39, 0.29) is 5.91 Å². The van der Waals surface area contributed by atoms with Gasteiger partial charge in [-0.2, -0.15) is 0 Å². The van der Waals surface area contributed by atoms with Gasteiger partial charge in [0.25, 0.3) is 0 Å². The third-order valence-corrected chi connectivity index (χ3v) is 5.19. The van der Waals surface area contributed by atoms with Gasteiger partial charge in [0.1, 0.15) is 5.82 Å². The van der Waals surface area contributed by atoms with Crippen LogP contribution in [0.1, 0.15) is 115 Å². The van der Waals surface area contributed by atoms with Gasteiger partial charge in [0.2, 0.25) is 5.91 Å². The van der Waals surface area contributed by atoms with Crippen LogP contribution in [0, 0.1) is 6.92 Å². The summed E-state index contributed by atoms with van der Waals surface area (Å²) in [5.74, 6) is 0.743. The van der Waals surface area contributed by atoms with E-state index >= 15 is 0 Å². The van der Waals surface area contributed by atoms with E-state index in [1.807, 2.05) is 19.1 Å². The van der Waals surface area contributed by atoms with Crippen LogP contribution < -0.4 is 5.32 Å². The number of aromatic nitrogens is 1. The summed E-state index contributed by atoms with van der Waals surface area (Å²) in [7, 11) is 0. The number of carbonyl (C=O) groups excluding carboxylic acids is 1. The second-order valence-electron chi connectivity index (χ2n) is 7.97. The lowest BCUT2D eigenvalue weighted by Crippen LogP contribution is -2.12. The Labute approximate surface area is 167 Å². The zero-order chi connectivity index (χ0) is 19.6. The molecule has 1 rings (SSSR count). The third-order valence-electron chi connectivity index (χ3n) is 5.19. The van der Waals surface area contributed by atoms with Crippen LogP contribution in [-0.4, -0.2) is 10.9 Å². The van der Waals surface area contributed by atoms with Crippen molar-refractivity contribution in [1.82, 2.24) is 4.98 Å². The molecule has 3 heteroatoms. The number of amides is 1. The third kappa shape index (κ3) is 14.4. The largest absolute Gasteiger partial charge is 0.311 e. The highest BCUT2D eigenvalue weighted by Gasteiger charge is 2.03. The van der Waals surface area contributed by atoms with E-state index in [2.05, 4.69) is 17.2 Å². The molecule has 0 aliphatic heterocycles. The van der Waals surface area contributed by atoms with Crippen LogP contribution >= 0.6 is 0 Å². The van der Waals surface area contributed by atoms with Crippen molar-refractivity contribution in [2.45, 2.75) is 117 Å². The highest BCUT2D eigenvalue weighted by Crippen LogP contribution is 2.14. The van der Waals surface area contributed by atoms with Gasteiger partial charge < -0.3 is 5.32 Å². The average molecular weight is 375 g/mol. The second kappa shape index (κ2) is 16.8. The number of pyridine rings is 1. The van der Waals surface area contributed by atoms with Gasteiger partial charge in [-0.1, -0.05) is 103 Å². The van der Waals surface area contributed by atoms with Crippen molar-refractivity contribution in [3.63, 3.8) is 0 Å². The molecule has 0 saturated heterocycles. The molecule has 0 saturated carbocycles. The molecular formula is C24H42N2O. The van der Waals surface area contributed by atoms with E-state index in [4.69, 9.17) is 0 Å². The maximum absolute atomic E-state index is 11.9. The average Bonchev–Trinajstić information content (AvgIpc) is 2.66. The number of unbranched alkanes of at least 4 members (excludes halogenated alkanes) is 14. The first-order valence-electron chi connectivity index (χ1n) is 11.4. The van der Waals surface area contributed by atoms with E-state index in [0.717, 1.165) is 18.4 Å². The Morgan fingerprint density at radius 2 is 1.26 bits per heavy atom. The van der Waals surface area contributed by atoms with E-state index in [1.54, 1.807) is 6.20 Å². The molecule has 1 aromatic rings. The smallest absolute Gasteiger partial charge is 0.225 e. The Kier molecular flexibility index (Phi) is 14.7. The topological polar surface area (TPSA) is 42.0 Å². The number of hydrogen-bond donors (Lipinski definition) is 1. The van der Waals surface area contributed by atoms with E-state index in [1.165, 1.54) is 83.5 Å². The summed E-state index contributed by atoms with van der Waals surface area (Å²) in [6, 6.07) is 3.83. The Balaban J connectivity index is 1.81. The van der Waals surface area contributed by atoms with Gasteiger partial charge in [-0.15, -0.1) is 0 Å². The zero-order valence-electron chi connectivity index (χ0n) is 17.9. The van der Waals surface area contributed by atoms with Crippen LogP contribution in [0.25, 0.3) is 0 Å². The van der Waals surface area contributed by atoms with E-state index in [9.17, 15) is 4.79 Å². The lowest BCUT2D eigenvalue weighted by Gasteiger charge is -2.05. The number of nitrogens with one attached hydrogen (secondary N) is 1. The van der Waals surface area contributed by atoms with Crippen LogP contribution in [0.3, 0.4) is 0 Å². The van der Waals surface area contributed by atoms with Gasteiger partial charge in [-0.3, -0.25) is 4.79 Å². The summed E-state index contributed by atoms with van der Waals surface area (Å²) in [6.07, 6.45) is 22.6. The molecule has 3 nitrogen and oxygen atoms in total. The van der Waals surface area contributed by atoms with Crippen LogP contribution in [0.5, 0.6) is 0 Å². The summed E-state index contributed by atoms with van der Waals surface area (Å²) >= 11 is 0. The second-order valence-corrected chi connectivity index (χ2v) is 7.97. The van der Waals surface area contributed by atoms with Crippen LogP contribution in [0.2, 0.25) is 0 Å². The van der Waals surface area contributed by atoms with Crippen molar-refractivity contribution in [1.29, 1.82) is 0 Å². The lowest BCUT2D eigenvalue weighted by molar-refractivity contribution is -0.116. The standard InChI is InChI=1S/C24H42N2O/c1-3-4-5-6-7-8-9-10-11-12-13-14-15-16-17-18-24(27)26-23-20-19-22(2)21-25-23/h19-21H,3-18H2,1-2H3,(H,25,26,27). The molecule has 1 heterocycles. The van der Waals surface area contributed by atoms with Crippen LogP contribution in [0.4, 0.5) is 5.82 Å². The van der Waals surface area contributed by atoms with Crippen molar-refractivity contribution >= 4 is 11.7 Å². The molecule has 1 N–H and O–H groups in total. The summed E-state index contributed by atoms with van der Waals surface area (Å²) in [4.78, 5) is 16.1. The first-order valence-corrected chi connectivity index (χ1v) is 11.4. The number of carbonyl (C=O) groups is 1. The lowest BCUT2D eigenvalue weighted by atomic mass is 10.0. The Hall–Kier alpha value is -1.38. The molecule has 0 aliphatic rings. The molecule has 1 aromatic heterocycles. The van der Waals surface area contributed by atoms with E-state index < -0.39 is 0 Å². The molecule has 0 spiro atoms. The molecule has 0 bridgehead atoms. The quantitative estimate of drug-likeness (QED) is 0.285. The zero-order valence-corrected chi connectivity index (χ0v) is 17.9. The summed E-state index contributed by atoms with van der Waals surface area (Å²) in [6.45, 7) is 4.27. The van der Waals surface area contributed by atoms with Crippen LogP contribution in [-0.2, 0) is 4.79 Å². The SMILES string of the molecule is CCCCCCCCCCCCCCCCCC(=O)Nc1ccc(C)cn1. The van der Waals surface area contributed by atoms with Crippen LogP contribution in [0.15, 0.2) is 18.3 Å². The molecule has 0 aromatic carbocycles. The number of anilines is 1. The van der Waals surface area contributed by atoms with Gasteiger partial charge in [0.15, 0.2) is 0 Å². The molecule has 0 aliphatic carbocycles. The maximum atomic E-state index is 11.9. The monoisotopic (exact) mass is 374 g/mol. The van der Waals surface area contributed by atoms with Crippen molar-refractivity contribution in [3.8, 4) is 0 Å². The molecule has 0 unspecified atom stereocenters. The predicted molar refractivity (Wildman–Crippen MR) is 117 cm³/mol. The van der Waals surface area contributed by atoms with Crippen molar-refractivity contribution < 1.29 is 4.79 Å². The minimum Gasteiger partial charge on any atom is -0.311 e. The van der Waals surface area contributed by atoms with Gasteiger partial charge in [0.05, 0.1) is 0 Å². The highest BCUT2D eigenvalue weighted by molar-refractivity contribution is 5.89.